The Labute approximate surface area is 140 Å². The highest BCUT2D eigenvalue weighted by atomic mass is 16.6. The van der Waals surface area contributed by atoms with E-state index in [4.69, 9.17) is 0 Å². The number of rotatable bonds is 2. The zero-order valence-electron chi connectivity index (χ0n) is 12.7. The quantitative estimate of drug-likeness (QED) is 0.625. The van der Waals surface area contributed by atoms with Crippen LogP contribution in [0, 0.1) is 20.2 Å². The van der Waals surface area contributed by atoms with Gasteiger partial charge >= 0.3 is 11.4 Å². The Morgan fingerprint density at radius 3 is 2.32 bits per heavy atom. The Balaban J connectivity index is 1.87. The summed E-state index contributed by atoms with van der Waals surface area (Å²) in [7, 11) is 0. The van der Waals surface area contributed by atoms with Crippen LogP contribution in [0.3, 0.4) is 0 Å². The van der Waals surface area contributed by atoms with Crippen molar-refractivity contribution in [2.75, 3.05) is 16.5 Å². The first-order valence-corrected chi connectivity index (χ1v) is 7.36. The zero-order chi connectivity index (χ0) is 17.9. The van der Waals surface area contributed by atoms with Gasteiger partial charge in [0.1, 0.15) is 0 Å². The van der Waals surface area contributed by atoms with E-state index in [-0.39, 0.29) is 12.2 Å². The summed E-state index contributed by atoms with van der Waals surface area (Å²) in [6.45, 7) is 0.877. The van der Waals surface area contributed by atoms with E-state index in [1.54, 1.807) is 11.0 Å². The van der Waals surface area contributed by atoms with Crippen LogP contribution in [0.4, 0.5) is 22.7 Å². The first-order chi connectivity index (χ1) is 11.9. The Kier molecular flexibility index (Phi) is 2.98. The van der Waals surface area contributed by atoms with Gasteiger partial charge in [-0.2, -0.15) is 0 Å². The minimum absolute atomic E-state index is 0.130. The Morgan fingerprint density at radius 1 is 0.920 bits per heavy atom. The zero-order valence-corrected chi connectivity index (χ0v) is 12.7. The summed E-state index contributed by atoms with van der Waals surface area (Å²) in [5.74, 6) is -0.828. The number of anilines is 2. The van der Waals surface area contributed by atoms with Crippen LogP contribution < -0.4 is 9.80 Å². The molecule has 0 aromatic heterocycles. The van der Waals surface area contributed by atoms with Gasteiger partial charge in [-0.25, -0.2) is 0 Å². The smallest absolute Gasteiger partial charge is 0.317 e. The molecule has 2 aromatic carbocycles. The van der Waals surface area contributed by atoms with Gasteiger partial charge in [0.05, 0.1) is 40.0 Å². The van der Waals surface area contributed by atoms with Crippen molar-refractivity contribution in [3.63, 3.8) is 0 Å². The third kappa shape index (κ3) is 2.11. The number of nitrogens with zero attached hydrogens (tertiary/aromatic N) is 4. The Hall–Kier alpha value is -3.56. The lowest BCUT2D eigenvalue weighted by molar-refractivity contribution is -0.386. The summed E-state index contributed by atoms with van der Waals surface area (Å²) in [6, 6.07) is 5.54. The van der Waals surface area contributed by atoms with Crippen molar-refractivity contribution in [2.24, 2.45) is 0 Å². The summed E-state index contributed by atoms with van der Waals surface area (Å²) < 4.78 is 0. The second kappa shape index (κ2) is 4.97. The largest absolute Gasteiger partial charge is 0.502 e. The van der Waals surface area contributed by atoms with Crippen LogP contribution >= 0.6 is 0 Å². The van der Waals surface area contributed by atoms with Gasteiger partial charge in [-0.3, -0.25) is 20.2 Å². The van der Waals surface area contributed by atoms with Crippen LogP contribution in [0.15, 0.2) is 24.3 Å². The molecule has 4 rings (SSSR count). The number of hydrogen-bond acceptors (Lipinski definition) is 8. The molecule has 2 aromatic rings. The lowest BCUT2D eigenvalue weighted by atomic mass is 9.99. The fourth-order valence-electron chi connectivity index (χ4n) is 3.47. The van der Waals surface area contributed by atoms with Crippen molar-refractivity contribution in [2.45, 2.75) is 13.1 Å². The maximum Gasteiger partial charge on any atom is 0.317 e. The minimum atomic E-state index is -0.672. The highest BCUT2D eigenvalue weighted by molar-refractivity contribution is 5.75. The first-order valence-electron chi connectivity index (χ1n) is 7.36. The average molecular weight is 344 g/mol. The fraction of sp³-hybridized carbons (Fsp3) is 0.200. The van der Waals surface area contributed by atoms with E-state index in [0.717, 1.165) is 0 Å². The van der Waals surface area contributed by atoms with E-state index >= 15 is 0 Å². The van der Waals surface area contributed by atoms with E-state index in [2.05, 4.69) is 0 Å². The standard InChI is InChI=1S/C15H12N4O6/c20-13-2-1-10-9(15(13)19(24)25)6-17-7-16(10)5-8-3-14(21)12(18(22)23)4-11(8)17/h1-4,20-21H,5-7H2. The van der Waals surface area contributed by atoms with E-state index in [9.17, 15) is 30.4 Å². The van der Waals surface area contributed by atoms with Gasteiger partial charge in [-0.15, -0.1) is 0 Å². The topological polar surface area (TPSA) is 133 Å². The van der Waals surface area contributed by atoms with E-state index in [0.29, 0.717) is 35.7 Å². The second-order valence-corrected chi connectivity index (χ2v) is 5.95. The summed E-state index contributed by atoms with van der Waals surface area (Å²) in [4.78, 5) is 24.7. The predicted molar refractivity (Wildman–Crippen MR) is 86.8 cm³/mol. The number of benzene rings is 2. The second-order valence-electron chi connectivity index (χ2n) is 5.95. The van der Waals surface area contributed by atoms with Crippen molar-refractivity contribution in [3.05, 3.63) is 55.6 Å². The highest BCUT2D eigenvalue weighted by Crippen LogP contribution is 2.46. The van der Waals surface area contributed by atoms with Crippen LogP contribution in [0.25, 0.3) is 0 Å². The highest BCUT2D eigenvalue weighted by Gasteiger charge is 2.36. The molecule has 0 fully saturated rings. The van der Waals surface area contributed by atoms with Gasteiger partial charge in [-0.1, -0.05) is 0 Å². The molecule has 2 aliphatic rings. The van der Waals surface area contributed by atoms with Crippen molar-refractivity contribution in [3.8, 4) is 11.5 Å². The van der Waals surface area contributed by atoms with Crippen LogP contribution in [0.2, 0.25) is 0 Å². The van der Waals surface area contributed by atoms with Crippen molar-refractivity contribution < 1.29 is 20.1 Å². The van der Waals surface area contributed by atoms with E-state index < -0.39 is 27.0 Å². The number of nitro benzene ring substituents is 2. The van der Waals surface area contributed by atoms with Gasteiger partial charge < -0.3 is 20.0 Å². The fourth-order valence-corrected chi connectivity index (χ4v) is 3.47. The molecule has 2 aliphatic heterocycles. The number of phenolic OH excluding ortho intramolecular Hbond substituents is 2. The molecule has 0 saturated heterocycles. The van der Waals surface area contributed by atoms with Crippen LogP contribution in [0.5, 0.6) is 11.5 Å². The molecule has 10 heteroatoms. The third-order valence-corrected chi connectivity index (χ3v) is 4.52. The van der Waals surface area contributed by atoms with Crippen molar-refractivity contribution in [1.29, 1.82) is 0 Å². The van der Waals surface area contributed by atoms with Gasteiger partial charge in [0.25, 0.3) is 0 Å². The summed E-state index contributed by atoms with van der Waals surface area (Å²) in [5, 5.41) is 42.1. The summed E-state index contributed by atoms with van der Waals surface area (Å²) >= 11 is 0. The molecule has 2 heterocycles. The van der Waals surface area contributed by atoms with Crippen LogP contribution in [-0.4, -0.2) is 26.7 Å². The molecule has 0 unspecified atom stereocenters. The molecular weight excluding hydrogens is 332 g/mol. The first kappa shape index (κ1) is 15.0. The lowest BCUT2D eigenvalue weighted by Gasteiger charge is -2.44. The van der Waals surface area contributed by atoms with Gasteiger partial charge in [0.2, 0.25) is 0 Å². The molecule has 0 amide bonds. The monoisotopic (exact) mass is 344 g/mol. The molecule has 0 aliphatic carbocycles. The maximum absolute atomic E-state index is 11.3. The predicted octanol–water partition coefficient (Wildman–Crippen LogP) is 2.21. The van der Waals surface area contributed by atoms with Crippen LogP contribution in [0.1, 0.15) is 11.1 Å². The molecule has 2 N–H and O–H groups in total. The van der Waals surface area contributed by atoms with E-state index in [1.165, 1.54) is 18.2 Å². The molecule has 128 valence electrons. The molecule has 2 bridgehead atoms. The maximum atomic E-state index is 11.3. The SMILES string of the molecule is O=[N+]([O-])c1cc2c(cc1O)CN1CN2Cc2c1ccc(O)c2[N+](=O)[O-]. The summed E-state index contributed by atoms with van der Waals surface area (Å²) in [6.07, 6.45) is 0. The van der Waals surface area contributed by atoms with Gasteiger partial charge in [-0.05, 0) is 23.8 Å². The van der Waals surface area contributed by atoms with Gasteiger partial charge in [0, 0.05) is 12.6 Å². The third-order valence-electron chi connectivity index (χ3n) is 4.52. The van der Waals surface area contributed by atoms with Crippen molar-refractivity contribution in [1.82, 2.24) is 0 Å². The van der Waals surface area contributed by atoms with E-state index in [1.807, 2.05) is 4.90 Å². The molecule has 0 radical (unpaired) electrons. The number of nitro groups is 2. The number of hydrogen-bond donors (Lipinski definition) is 2. The Bertz CT molecular complexity index is 944. The lowest BCUT2D eigenvalue weighted by Crippen LogP contribution is -2.46. The summed E-state index contributed by atoms with van der Waals surface area (Å²) in [5.41, 5.74) is 1.45. The number of phenols is 2. The van der Waals surface area contributed by atoms with Crippen molar-refractivity contribution >= 4 is 22.7 Å². The van der Waals surface area contributed by atoms with Crippen LogP contribution in [-0.2, 0) is 13.1 Å². The number of aromatic hydroxyl groups is 2. The molecule has 0 saturated carbocycles. The molecule has 10 nitrogen and oxygen atoms in total. The average Bonchev–Trinajstić information content (AvgIpc) is 2.53. The molecular formula is C15H12N4O6. The minimum Gasteiger partial charge on any atom is -0.502 e. The normalized spacial score (nSPS) is 14.7. The molecule has 0 atom stereocenters. The number of fused-ring (bicyclic) bond motifs is 6. The molecule has 25 heavy (non-hydrogen) atoms. The Morgan fingerprint density at radius 2 is 1.64 bits per heavy atom. The molecule has 0 spiro atoms. The van der Waals surface area contributed by atoms with Gasteiger partial charge in [0.15, 0.2) is 11.5 Å².